The van der Waals surface area contributed by atoms with Crippen molar-refractivity contribution in [1.82, 2.24) is 0 Å². The third kappa shape index (κ3) is 2.77. The molecule has 1 aromatic carbocycles. The van der Waals surface area contributed by atoms with Crippen LogP contribution in [0.4, 0.5) is 5.69 Å². The number of hydroxylamine groups is 1. The fourth-order valence-electron chi connectivity index (χ4n) is 1.86. The van der Waals surface area contributed by atoms with Gasteiger partial charge in [0.1, 0.15) is 0 Å². The van der Waals surface area contributed by atoms with Crippen LogP contribution in [0.1, 0.15) is 18.1 Å². The van der Waals surface area contributed by atoms with Gasteiger partial charge in [-0.05, 0) is 31.9 Å². The number of para-hydroxylation sites is 1. The Hall–Kier alpha value is -1.55. The number of hydrogen-bond donors (Lipinski definition) is 0. The highest BCUT2D eigenvalue weighted by atomic mass is 16.7. The number of methoxy groups -OCH3 is 1. The van der Waals surface area contributed by atoms with Gasteiger partial charge in [0.15, 0.2) is 6.04 Å². The van der Waals surface area contributed by atoms with E-state index in [9.17, 15) is 4.79 Å². The van der Waals surface area contributed by atoms with Crippen molar-refractivity contribution in [1.29, 1.82) is 0 Å². The van der Waals surface area contributed by atoms with Gasteiger partial charge in [-0.2, -0.15) is 0 Å². The van der Waals surface area contributed by atoms with Crippen molar-refractivity contribution in [2.24, 2.45) is 0 Å². The number of rotatable bonds is 4. The lowest BCUT2D eigenvalue weighted by Crippen LogP contribution is -2.39. The van der Waals surface area contributed by atoms with E-state index in [1.165, 1.54) is 7.11 Å². The number of ether oxygens (including phenoxy) is 1. The Kier molecular flexibility index (Phi) is 4.52. The molecule has 0 saturated heterocycles. The zero-order chi connectivity index (χ0) is 13.0. The van der Waals surface area contributed by atoms with E-state index in [0.29, 0.717) is 0 Å². The zero-order valence-electron chi connectivity index (χ0n) is 11.0. The smallest absolute Gasteiger partial charge is 0.330 e. The van der Waals surface area contributed by atoms with Crippen LogP contribution in [-0.2, 0) is 14.4 Å². The second kappa shape index (κ2) is 5.68. The molecule has 4 heteroatoms. The molecule has 0 heterocycles. The molecular weight excluding hydrogens is 218 g/mol. The molecule has 17 heavy (non-hydrogen) atoms. The molecule has 0 saturated carbocycles. The van der Waals surface area contributed by atoms with Gasteiger partial charge in [-0.3, -0.25) is 4.84 Å². The molecule has 94 valence electrons. The molecule has 0 aliphatic rings. The molecule has 0 unspecified atom stereocenters. The lowest BCUT2D eigenvalue weighted by Gasteiger charge is -2.29. The number of aryl methyl sites for hydroxylation is 2. The summed E-state index contributed by atoms with van der Waals surface area (Å²) in [6, 6.07) is 5.46. The summed E-state index contributed by atoms with van der Waals surface area (Å²) in [5.74, 6) is -0.325. The van der Waals surface area contributed by atoms with Crippen LogP contribution in [-0.4, -0.2) is 26.2 Å². The topological polar surface area (TPSA) is 38.8 Å². The van der Waals surface area contributed by atoms with Crippen molar-refractivity contribution in [2.75, 3.05) is 19.3 Å². The number of carbonyl (C=O) groups excluding carboxylic acids is 1. The van der Waals surface area contributed by atoms with Crippen molar-refractivity contribution in [3.05, 3.63) is 29.3 Å². The second-order valence-electron chi connectivity index (χ2n) is 3.95. The first-order valence-corrected chi connectivity index (χ1v) is 5.50. The molecule has 0 aliphatic heterocycles. The van der Waals surface area contributed by atoms with Gasteiger partial charge in [-0.25, -0.2) is 9.86 Å². The Labute approximate surface area is 102 Å². The summed E-state index contributed by atoms with van der Waals surface area (Å²) in [5.41, 5.74) is 3.03. The fraction of sp³-hybridized carbons (Fsp3) is 0.462. The normalized spacial score (nSPS) is 12.1. The predicted molar refractivity (Wildman–Crippen MR) is 66.9 cm³/mol. The summed E-state index contributed by atoms with van der Waals surface area (Å²) >= 11 is 0. The predicted octanol–water partition coefficient (Wildman–Crippen LogP) is 2.23. The summed E-state index contributed by atoms with van der Waals surface area (Å²) in [6.45, 7) is 5.72. The van der Waals surface area contributed by atoms with E-state index >= 15 is 0 Å². The molecule has 4 nitrogen and oxygen atoms in total. The zero-order valence-corrected chi connectivity index (χ0v) is 11.0. The van der Waals surface area contributed by atoms with Crippen LogP contribution in [0.2, 0.25) is 0 Å². The van der Waals surface area contributed by atoms with E-state index in [2.05, 4.69) is 0 Å². The number of carbonyl (C=O) groups is 1. The van der Waals surface area contributed by atoms with Gasteiger partial charge < -0.3 is 4.74 Å². The third-order valence-corrected chi connectivity index (χ3v) is 2.75. The Bertz CT molecular complexity index is 383. The molecule has 0 aromatic heterocycles. The molecule has 1 rings (SSSR count). The minimum atomic E-state index is -0.482. The van der Waals surface area contributed by atoms with Gasteiger partial charge in [0.05, 0.1) is 19.9 Å². The maximum Gasteiger partial charge on any atom is 0.330 e. The van der Waals surface area contributed by atoms with E-state index in [1.807, 2.05) is 32.0 Å². The highest BCUT2D eigenvalue weighted by molar-refractivity contribution is 5.79. The standard InChI is InChI=1S/C13H19NO3/c1-9-7-6-8-10(2)12(9)14(17-5)11(3)13(15)16-4/h6-8,11H,1-5H3/t11-/m0/s1. The van der Waals surface area contributed by atoms with E-state index in [0.717, 1.165) is 16.8 Å². The largest absolute Gasteiger partial charge is 0.467 e. The first-order chi connectivity index (χ1) is 8.02. The molecule has 0 spiro atoms. The lowest BCUT2D eigenvalue weighted by molar-refractivity contribution is -0.143. The van der Waals surface area contributed by atoms with Gasteiger partial charge in [-0.1, -0.05) is 18.2 Å². The van der Waals surface area contributed by atoms with Crippen molar-refractivity contribution < 1.29 is 14.4 Å². The van der Waals surface area contributed by atoms with Gasteiger partial charge in [-0.15, -0.1) is 0 Å². The van der Waals surface area contributed by atoms with Gasteiger partial charge in [0.2, 0.25) is 0 Å². The molecule has 0 amide bonds. The molecule has 1 aromatic rings. The minimum absolute atomic E-state index is 0.325. The first kappa shape index (κ1) is 13.5. The molecule has 0 bridgehead atoms. The summed E-state index contributed by atoms with van der Waals surface area (Å²) < 4.78 is 4.74. The number of hydrogen-bond acceptors (Lipinski definition) is 4. The third-order valence-electron chi connectivity index (χ3n) is 2.75. The van der Waals surface area contributed by atoms with Gasteiger partial charge in [0, 0.05) is 0 Å². The average Bonchev–Trinajstić information content (AvgIpc) is 2.32. The number of benzene rings is 1. The van der Waals surface area contributed by atoms with Crippen molar-refractivity contribution in [3.63, 3.8) is 0 Å². The Morgan fingerprint density at radius 1 is 1.24 bits per heavy atom. The number of anilines is 1. The molecule has 0 aliphatic carbocycles. The van der Waals surface area contributed by atoms with Crippen LogP contribution in [0.5, 0.6) is 0 Å². The van der Waals surface area contributed by atoms with Crippen LogP contribution < -0.4 is 5.06 Å². The monoisotopic (exact) mass is 237 g/mol. The SMILES string of the molecule is COC(=O)[C@H](C)N(OC)c1c(C)cccc1C. The van der Waals surface area contributed by atoms with E-state index in [-0.39, 0.29) is 5.97 Å². The highest BCUT2D eigenvalue weighted by Crippen LogP contribution is 2.26. The summed E-state index contributed by atoms with van der Waals surface area (Å²) in [6.07, 6.45) is 0. The maximum absolute atomic E-state index is 11.6. The Morgan fingerprint density at radius 3 is 2.18 bits per heavy atom. The molecule has 0 radical (unpaired) electrons. The molecule has 1 atom stereocenters. The van der Waals surface area contributed by atoms with Crippen molar-refractivity contribution in [2.45, 2.75) is 26.8 Å². The van der Waals surface area contributed by atoms with Crippen molar-refractivity contribution >= 4 is 11.7 Å². The number of esters is 1. The second-order valence-corrected chi connectivity index (χ2v) is 3.95. The van der Waals surface area contributed by atoms with Gasteiger partial charge in [0.25, 0.3) is 0 Å². The average molecular weight is 237 g/mol. The van der Waals surface area contributed by atoms with Crippen LogP contribution in [0.15, 0.2) is 18.2 Å². The maximum atomic E-state index is 11.6. The van der Waals surface area contributed by atoms with E-state index in [1.54, 1.807) is 19.1 Å². The highest BCUT2D eigenvalue weighted by Gasteiger charge is 2.24. The fourth-order valence-corrected chi connectivity index (χ4v) is 1.86. The summed E-state index contributed by atoms with van der Waals surface area (Å²) in [4.78, 5) is 16.9. The quantitative estimate of drug-likeness (QED) is 0.594. The van der Waals surface area contributed by atoms with Crippen molar-refractivity contribution in [3.8, 4) is 0 Å². The van der Waals surface area contributed by atoms with Crippen LogP contribution in [0, 0.1) is 13.8 Å². The number of nitrogens with zero attached hydrogens (tertiary/aromatic N) is 1. The lowest BCUT2D eigenvalue weighted by atomic mass is 10.1. The summed E-state index contributed by atoms with van der Waals surface area (Å²) in [5, 5.41) is 1.58. The Morgan fingerprint density at radius 2 is 1.76 bits per heavy atom. The molecule has 0 fully saturated rings. The first-order valence-electron chi connectivity index (χ1n) is 5.50. The van der Waals surface area contributed by atoms with Crippen LogP contribution in [0.3, 0.4) is 0 Å². The Balaban J connectivity index is 3.14. The minimum Gasteiger partial charge on any atom is -0.467 e. The molecular formula is C13H19NO3. The summed E-state index contributed by atoms with van der Waals surface area (Å²) in [7, 11) is 2.92. The van der Waals surface area contributed by atoms with E-state index < -0.39 is 6.04 Å². The van der Waals surface area contributed by atoms with Crippen LogP contribution >= 0.6 is 0 Å². The van der Waals surface area contributed by atoms with E-state index in [4.69, 9.17) is 9.57 Å². The van der Waals surface area contributed by atoms with Crippen LogP contribution in [0.25, 0.3) is 0 Å². The molecule has 0 N–H and O–H groups in total. The van der Waals surface area contributed by atoms with Gasteiger partial charge >= 0.3 is 5.97 Å².